The molecule has 0 spiro atoms. The molecule has 0 fully saturated rings. The zero-order valence-corrected chi connectivity index (χ0v) is 13.5. The van der Waals surface area contributed by atoms with Crippen molar-refractivity contribution in [3.8, 4) is 0 Å². The first kappa shape index (κ1) is 17.8. The van der Waals surface area contributed by atoms with Crippen molar-refractivity contribution in [1.29, 1.82) is 0 Å². The van der Waals surface area contributed by atoms with Crippen molar-refractivity contribution < 1.29 is 0 Å². The molecular formula is C16H26N2S. The summed E-state index contributed by atoms with van der Waals surface area (Å²) in [6.45, 7) is 10.1. The summed E-state index contributed by atoms with van der Waals surface area (Å²) in [4.78, 5) is 4.23. The molecule has 0 amide bonds. The quantitative estimate of drug-likeness (QED) is 0.880. The maximum Gasteiger partial charge on any atom is 0.110 e. The molecular weight excluding hydrogens is 252 g/mol. The molecule has 1 atom stereocenters. The predicted octanol–water partition coefficient (Wildman–Crippen LogP) is 4.75. The third-order valence-electron chi connectivity index (χ3n) is 2.31. The van der Waals surface area contributed by atoms with Crippen LogP contribution in [0.5, 0.6) is 0 Å². The number of hydrogen-bond donors (Lipinski definition) is 1. The van der Waals surface area contributed by atoms with E-state index in [1.54, 1.807) is 17.5 Å². The highest BCUT2D eigenvalue weighted by atomic mass is 32.1. The number of thiazole rings is 1. The number of aromatic nitrogens is 1. The van der Waals surface area contributed by atoms with E-state index >= 15 is 0 Å². The molecule has 1 aromatic heterocycles. The minimum atomic E-state index is 0.0202. The van der Waals surface area contributed by atoms with Gasteiger partial charge in [0, 0.05) is 11.6 Å². The van der Waals surface area contributed by atoms with Crippen molar-refractivity contribution in [2.45, 2.75) is 47.1 Å². The number of nitrogens with zero attached hydrogens (tertiary/aromatic N) is 1. The van der Waals surface area contributed by atoms with Gasteiger partial charge in [0.25, 0.3) is 0 Å². The van der Waals surface area contributed by atoms with Gasteiger partial charge in [-0.25, -0.2) is 4.98 Å². The van der Waals surface area contributed by atoms with E-state index in [-0.39, 0.29) is 6.04 Å². The van der Waals surface area contributed by atoms with Crippen molar-refractivity contribution in [2.24, 2.45) is 5.73 Å². The van der Waals surface area contributed by atoms with E-state index in [2.05, 4.69) is 36.2 Å². The second-order valence-corrected chi connectivity index (χ2v) is 4.60. The van der Waals surface area contributed by atoms with Gasteiger partial charge in [-0.2, -0.15) is 0 Å². The molecule has 0 bridgehead atoms. The fraction of sp³-hybridized carbons (Fsp3) is 0.438. The summed E-state index contributed by atoms with van der Waals surface area (Å²) in [6, 6.07) is 8.47. The van der Waals surface area contributed by atoms with E-state index in [0.717, 1.165) is 11.4 Å². The number of rotatable bonds is 3. The summed E-state index contributed by atoms with van der Waals surface area (Å²) in [5, 5.41) is 2.97. The van der Waals surface area contributed by atoms with E-state index in [9.17, 15) is 0 Å². The normalized spacial score (nSPS) is 10.6. The Morgan fingerprint density at radius 3 is 2.42 bits per heavy atom. The van der Waals surface area contributed by atoms with Crippen LogP contribution < -0.4 is 5.73 Å². The van der Waals surface area contributed by atoms with Crippen LogP contribution in [0.15, 0.2) is 35.8 Å². The molecule has 2 nitrogen and oxygen atoms in total. The second kappa shape index (κ2) is 10.7. The minimum Gasteiger partial charge on any atom is -0.322 e. The lowest BCUT2D eigenvalue weighted by molar-refractivity contribution is 0.715. The monoisotopic (exact) mass is 278 g/mol. The molecule has 0 aliphatic heterocycles. The molecule has 2 aromatic rings. The summed E-state index contributed by atoms with van der Waals surface area (Å²) in [5.41, 5.74) is 8.62. The third kappa shape index (κ3) is 6.50. The molecule has 0 radical (unpaired) electrons. The lowest BCUT2D eigenvalue weighted by Gasteiger charge is -2.08. The summed E-state index contributed by atoms with van der Waals surface area (Å²) in [5.74, 6) is 0. The zero-order chi connectivity index (χ0) is 14.7. The van der Waals surface area contributed by atoms with Crippen LogP contribution in [0, 0.1) is 6.92 Å². The Balaban J connectivity index is 0.000000741. The number of hydrogen-bond acceptors (Lipinski definition) is 3. The van der Waals surface area contributed by atoms with Gasteiger partial charge in [0.2, 0.25) is 0 Å². The maximum atomic E-state index is 6.07. The fourth-order valence-corrected chi connectivity index (χ4v) is 2.24. The molecule has 0 aliphatic carbocycles. The molecule has 1 unspecified atom stereocenters. The van der Waals surface area contributed by atoms with Gasteiger partial charge in [-0.15, -0.1) is 11.3 Å². The first-order valence-corrected chi connectivity index (χ1v) is 7.84. The van der Waals surface area contributed by atoms with Gasteiger partial charge in [0.1, 0.15) is 5.01 Å². The first-order chi connectivity index (χ1) is 9.25. The molecule has 106 valence electrons. The molecule has 2 N–H and O–H groups in total. The average molecular weight is 278 g/mol. The standard InChI is InChI=1S/C12H14N2S.2C2H6/c1-9-3-2-4-10(7-9)8-11(13)12-14-5-6-15-12;2*1-2/h2-7,11H,8,13H2,1H3;2*1-2H3. The fourth-order valence-electron chi connectivity index (χ4n) is 1.60. The molecule has 1 aromatic carbocycles. The van der Waals surface area contributed by atoms with Crippen LogP contribution in [0.1, 0.15) is 49.9 Å². The highest BCUT2D eigenvalue weighted by molar-refractivity contribution is 7.09. The molecule has 19 heavy (non-hydrogen) atoms. The van der Waals surface area contributed by atoms with Crippen molar-refractivity contribution >= 4 is 11.3 Å². The van der Waals surface area contributed by atoms with Crippen molar-refractivity contribution in [3.63, 3.8) is 0 Å². The third-order valence-corrected chi connectivity index (χ3v) is 3.21. The summed E-state index contributed by atoms with van der Waals surface area (Å²) in [7, 11) is 0. The number of benzene rings is 1. The largest absolute Gasteiger partial charge is 0.322 e. The topological polar surface area (TPSA) is 38.9 Å². The van der Waals surface area contributed by atoms with Crippen molar-refractivity contribution in [1.82, 2.24) is 4.98 Å². The summed E-state index contributed by atoms with van der Waals surface area (Å²) in [6.07, 6.45) is 2.66. The van der Waals surface area contributed by atoms with Gasteiger partial charge in [0.05, 0.1) is 6.04 Å². The van der Waals surface area contributed by atoms with E-state index in [1.165, 1.54) is 11.1 Å². The summed E-state index contributed by atoms with van der Waals surface area (Å²) >= 11 is 1.62. The van der Waals surface area contributed by atoms with E-state index in [0.29, 0.717) is 0 Å². The molecule has 1 heterocycles. The zero-order valence-electron chi connectivity index (χ0n) is 12.7. The van der Waals surface area contributed by atoms with Crippen LogP contribution in [0.4, 0.5) is 0 Å². The number of nitrogens with two attached hydrogens (primary N) is 1. The highest BCUT2D eigenvalue weighted by Gasteiger charge is 2.09. The minimum absolute atomic E-state index is 0.0202. The Labute approximate surface area is 121 Å². The predicted molar refractivity (Wildman–Crippen MR) is 86.6 cm³/mol. The Hall–Kier alpha value is -1.19. The van der Waals surface area contributed by atoms with Gasteiger partial charge in [0.15, 0.2) is 0 Å². The van der Waals surface area contributed by atoms with Gasteiger partial charge in [-0.3, -0.25) is 0 Å². The number of aryl methyl sites for hydroxylation is 1. The van der Waals surface area contributed by atoms with E-state index in [1.807, 2.05) is 33.1 Å². The van der Waals surface area contributed by atoms with Gasteiger partial charge < -0.3 is 5.73 Å². The van der Waals surface area contributed by atoms with Crippen LogP contribution in [0.3, 0.4) is 0 Å². The van der Waals surface area contributed by atoms with Gasteiger partial charge >= 0.3 is 0 Å². The molecule has 0 saturated carbocycles. The maximum absolute atomic E-state index is 6.07. The van der Waals surface area contributed by atoms with E-state index < -0.39 is 0 Å². The smallest absolute Gasteiger partial charge is 0.110 e. The Kier molecular flexibility index (Phi) is 10.0. The van der Waals surface area contributed by atoms with Crippen LogP contribution in [-0.2, 0) is 6.42 Å². The Morgan fingerprint density at radius 2 is 1.89 bits per heavy atom. The molecule has 3 heteroatoms. The Bertz CT molecular complexity index is 424. The molecule has 0 saturated heterocycles. The van der Waals surface area contributed by atoms with Gasteiger partial charge in [-0.05, 0) is 18.9 Å². The average Bonchev–Trinajstić information content (AvgIpc) is 2.97. The lowest BCUT2D eigenvalue weighted by Crippen LogP contribution is -2.12. The van der Waals surface area contributed by atoms with Crippen molar-refractivity contribution in [2.75, 3.05) is 0 Å². The summed E-state index contributed by atoms with van der Waals surface area (Å²) < 4.78 is 0. The second-order valence-electron chi connectivity index (χ2n) is 3.67. The molecule has 2 rings (SSSR count). The van der Waals surface area contributed by atoms with Crippen LogP contribution in [0.25, 0.3) is 0 Å². The van der Waals surface area contributed by atoms with E-state index in [4.69, 9.17) is 5.73 Å². The van der Waals surface area contributed by atoms with Crippen LogP contribution in [0.2, 0.25) is 0 Å². The molecule has 0 aliphatic rings. The van der Waals surface area contributed by atoms with Crippen LogP contribution in [-0.4, -0.2) is 4.98 Å². The van der Waals surface area contributed by atoms with Crippen molar-refractivity contribution in [3.05, 3.63) is 52.0 Å². The van der Waals surface area contributed by atoms with Crippen LogP contribution >= 0.6 is 11.3 Å². The lowest BCUT2D eigenvalue weighted by atomic mass is 10.0. The van der Waals surface area contributed by atoms with Gasteiger partial charge in [-0.1, -0.05) is 57.5 Å². The Morgan fingerprint density at radius 1 is 1.21 bits per heavy atom. The first-order valence-electron chi connectivity index (χ1n) is 6.96. The highest BCUT2D eigenvalue weighted by Crippen LogP contribution is 2.18. The SMILES string of the molecule is CC.CC.Cc1cccc(CC(N)c2nccs2)c1.